The summed E-state index contributed by atoms with van der Waals surface area (Å²) in [6.45, 7) is 3.18. The van der Waals surface area contributed by atoms with Crippen molar-refractivity contribution in [2.24, 2.45) is 5.10 Å². The number of hydrogen-bond acceptors (Lipinski definition) is 4. The first-order valence-corrected chi connectivity index (χ1v) is 11.0. The minimum Gasteiger partial charge on any atom is -0.455 e. The molecule has 1 N–H and O–H groups in total. The van der Waals surface area contributed by atoms with E-state index < -0.39 is 0 Å². The molecule has 2 heterocycles. The number of furan rings is 1. The summed E-state index contributed by atoms with van der Waals surface area (Å²) in [6.07, 6.45) is 3.20. The topological polar surface area (TPSA) is 74.9 Å². The number of rotatable bonds is 3. The van der Waals surface area contributed by atoms with Gasteiger partial charge in [0.2, 0.25) is 0 Å². The SMILES string of the molecule is Cc1c(C(=O)N2CCc3ccccc3C2)oc2c1/C(=N/NC(=O)c1ccccc1)CCC2. The van der Waals surface area contributed by atoms with Crippen LogP contribution < -0.4 is 5.43 Å². The fraction of sp³-hybridized carbons (Fsp3) is 0.269. The molecule has 0 unspecified atom stereocenters. The van der Waals surface area contributed by atoms with E-state index in [0.717, 1.165) is 48.3 Å². The number of amides is 2. The molecular weight excluding hydrogens is 402 g/mol. The molecule has 1 aromatic heterocycles. The summed E-state index contributed by atoms with van der Waals surface area (Å²) < 4.78 is 6.08. The quantitative estimate of drug-likeness (QED) is 0.635. The summed E-state index contributed by atoms with van der Waals surface area (Å²) in [7, 11) is 0. The van der Waals surface area contributed by atoms with Crippen molar-refractivity contribution in [3.05, 3.63) is 93.9 Å². The molecule has 0 fully saturated rings. The van der Waals surface area contributed by atoms with Crippen molar-refractivity contribution >= 4 is 17.5 Å². The van der Waals surface area contributed by atoms with Crippen LogP contribution in [0.15, 0.2) is 64.1 Å². The highest BCUT2D eigenvalue weighted by Gasteiger charge is 2.31. The molecule has 5 rings (SSSR count). The minimum atomic E-state index is -0.255. The van der Waals surface area contributed by atoms with Crippen LogP contribution >= 0.6 is 0 Å². The van der Waals surface area contributed by atoms with Crippen molar-refractivity contribution in [2.75, 3.05) is 6.54 Å². The fourth-order valence-corrected chi connectivity index (χ4v) is 4.57. The third-order valence-electron chi connectivity index (χ3n) is 6.27. The number of nitrogens with zero attached hydrogens (tertiary/aromatic N) is 2. The Kier molecular flexibility index (Phi) is 5.35. The molecule has 1 aliphatic heterocycles. The maximum absolute atomic E-state index is 13.3. The number of aryl methyl sites for hydroxylation is 1. The highest BCUT2D eigenvalue weighted by Crippen LogP contribution is 2.31. The molecule has 2 amide bonds. The molecule has 0 radical (unpaired) electrons. The number of benzene rings is 2. The van der Waals surface area contributed by atoms with E-state index in [9.17, 15) is 9.59 Å². The smallest absolute Gasteiger partial charge is 0.290 e. The van der Waals surface area contributed by atoms with Crippen LogP contribution in [-0.4, -0.2) is 29.0 Å². The number of carbonyl (C=O) groups is 2. The van der Waals surface area contributed by atoms with Crippen molar-refractivity contribution < 1.29 is 14.0 Å². The number of nitrogens with one attached hydrogen (secondary N) is 1. The lowest BCUT2D eigenvalue weighted by atomic mass is 9.93. The van der Waals surface area contributed by atoms with Crippen LogP contribution in [0.1, 0.15) is 61.8 Å². The zero-order valence-corrected chi connectivity index (χ0v) is 18.1. The Bertz CT molecular complexity index is 1210. The van der Waals surface area contributed by atoms with Gasteiger partial charge in [0, 0.05) is 36.2 Å². The van der Waals surface area contributed by atoms with E-state index >= 15 is 0 Å². The van der Waals surface area contributed by atoms with Gasteiger partial charge in [0.1, 0.15) is 5.76 Å². The Morgan fingerprint density at radius 3 is 2.53 bits per heavy atom. The van der Waals surface area contributed by atoms with Gasteiger partial charge in [-0.05, 0) is 49.4 Å². The lowest BCUT2D eigenvalue weighted by molar-refractivity contribution is 0.0699. The van der Waals surface area contributed by atoms with Crippen molar-refractivity contribution in [1.82, 2.24) is 10.3 Å². The van der Waals surface area contributed by atoms with E-state index in [1.807, 2.05) is 42.2 Å². The van der Waals surface area contributed by atoms with Gasteiger partial charge in [-0.25, -0.2) is 5.43 Å². The molecule has 0 saturated heterocycles. The Balaban J connectivity index is 1.39. The number of carbonyl (C=O) groups excluding carboxylic acids is 2. The third-order valence-corrected chi connectivity index (χ3v) is 6.27. The lowest BCUT2D eigenvalue weighted by Crippen LogP contribution is -2.36. The van der Waals surface area contributed by atoms with Gasteiger partial charge < -0.3 is 9.32 Å². The highest BCUT2D eigenvalue weighted by atomic mass is 16.4. The molecule has 6 nitrogen and oxygen atoms in total. The number of fused-ring (bicyclic) bond motifs is 2. The third kappa shape index (κ3) is 3.73. The summed E-state index contributed by atoms with van der Waals surface area (Å²) in [5, 5.41) is 4.41. The molecule has 0 bridgehead atoms. The average Bonchev–Trinajstić information content (AvgIpc) is 3.19. The largest absolute Gasteiger partial charge is 0.455 e. The van der Waals surface area contributed by atoms with E-state index in [0.29, 0.717) is 24.4 Å². The first-order valence-electron chi connectivity index (χ1n) is 11.0. The first-order chi connectivity index (χ1) is 15.6. The van der Waals surface area contributed by atoms with Crippen LogP contribution in [0.2, 0.25) is 0 Å². The molecule has 6 heteroatoms. The maximum atomic E-state index is 13.3. The highest BCUT2D eigenvalue weighted by molar-refractivity contribution is 6.07. The number of hydrogen-bond donors (Lipinski definition) is 1. The predicted molar refractivity (Wildman–Crippen MR) is 122 cm³/mol. The van der Waals surface area contributed by atoms with Crippen LogP contribution in [-0.2, 0) is 19.4 Å². The van der Waals surface area contributed by atoms with Crippen molar-refractivity contribution in [3.63, 3.8) is 0 Å². The minimum absolute atomic E-state index is 0.0842. The first kappa shape index (κ1) is 20.2. The molecule has 0 atom stereocenters. The van der Waals surface area contributed by atoms with Gasteiger partial charge >= 0.3 is 0 Å². The van der Waals surface area contributed by atoms with Crippen LogP contribution in [0.3, 0.4) is 0 Å². The van der Waals surface area contributed by atoms with Crippen molar-refractivity contribution in [3.8, 4) is 0 Å². The van der Waals surface area contributed by atoms with Gasteiger partial charge in [-0.3, -0.25) is 9.59 Å². The second kappa shape index (κ2) is 8.46. The second-order valence-electron chi connectivity index (χ2n) is 8.32. The van der Waals surface area contributed by atoms with Crippen LogP contribution in [0.25, 0.3) is 0 Å². The predicted octanol–water partition coefficient (Wildman–Crippen LogP) is 4.26. The molecule has 162 valence electrons. The van der Waals surface area contributed by atoms with Gasteiger partial charge in [-0.1, -0.05) is 42.5 Å². The van der Waals surface area contributed by atoms with E-state index in [4.69, 9.17) is 4.42 Å². The van der Waals surface area contributed by atoms with E-state index in [-0.39, 0.29) is 11.8 Å². The summed E-state index contributed by atoms with van der Waals surface area (Å²) in [4.78, 5) is 27.6. The summed E-state index contributed by atoms with van der Waals surface area (Å²) >= 11 is 0. The van der Waals surface area contributed by atoms with Crippen molar-refractivity contribution in [1.29, 1.82) is 0 Å². The molecule has 2 aromatic carbocycles. The molecule has 0 spiro atoms. The molecule has 0 saturated carbocycles. The van der Waals surface area contributed by atoms with Crippen LogP contribution in [0, 0.1) is 6.92 Å². The average molecular weight is 428 g/mol. The Morgan fingerprint density at radius 2 is 1.72 bits per heavy atom. The molecule has 32 heavy (non-hydrogen) atoms. The van der Waals surface area contributed by atoms with Crippen LogP contribution in [0.5, 0.6) is 0 Å². The van der Waals surface area contributed by atoms with Gasteiger partial charge in [0.05, 0.1) is 5.71 Å². The van der Waals surface area contributed by atoms with Gasteiger partial charge in [0.15, 0.2) is 5.76 Å². The summed E-state index contributed by atoms with van der Waals surface area (Å²) in [6, 6.07) is 17.3. The molecular formula is C26H25N3O3. The van der Waals surface area contributed by atoms with Crippen molar-refractivity contribution in [2.45, 2.75) is 39.2 Å². The van der Waals surface area contributed by atoms with Crippen LogP contribution in [0.4, 0.5) is 0 Å². The Labute approximate surface area is 186 Å². The Morgan fingerprint density at radius 1 is 0.969 bits per heavy atom. The summed E-state index contributed by atoms with van der Waals surface area (Å²) in [5.41, 5.74) is 8.14. The van der Waals surface area contributed by atoms with Gasteiger partial charge in [0.25, 0.3) is 11.8 Å². The fourth-order valence-electron chi connectivity index (χ4n) is 4.57. The zero-order valence-electron chi connectivity index (χ0n) is 18.1. The standard InChI is InChI=1S/C26H25N3O3/c1-17-23-21(27-28-25(30)19-9-3-2-4-10-19)12-7-13-22(23)32-24(17)26(31)29-15-14-18-8-5-6-11-20(18)16-29/h2-6,8-11H,7,12-16H2,1H3,(H,28,30)/b27-21+. The zero-order chi connectivity index (χ0) is 22.1. The monoisotopic (exact) mass is 427 g/mol. The second-order valence-corrected chi connectivity index (χ2v) is 8.32. The normalized spacial score (nSPS) is 16.4. The molecule has 3 aromatic rings. The lowest BCUT2D eigenvalue weighted by Gasteiger charge is -2.28. The Hall–Kier alpha value is -3.67. The summed E-state index contributed by atoms with van der Waals surface area (Å²) in [5.74, 6) is 0.828. The van der Waals surface area contributed by atoms with E-state index in [1.165, 1.54) is 11.1 Å². The van der Waals surface area contributed by atoms with E-state index in [2.05, 4.69) is 22.7 Å². The maximum Gasteiger partial charge on any atom is 0.290 e. The number of hydrazone groups is 1. The molecule has 2 aliphatic rings. The molecule has 1 aliphatic carbocycles. The van der Waals surface area contributed by atoms with E-state index in [1.54, 1.807) is 12.1 Å². The van der Waals surface area contributed by atoms with Gasteiger partial charge in [-0.2, -0.15) is 5.10 Å². The van der Waals surface area contributed by atoms with Gasteiger partial charge in [-0.15, -0.1) is 0 Å².